The molecule has 0 aliphatic heterocycles. The van der Waals surface area contributed by atoms with Crippen molar-refractivity contribution in [3.05, 3.63) is 35.5 Å². The van der Waals surface area contributed by atoms with E-state index in [2.05, 4.69) is 46.3 Å². The predicted molar refractivity (Wildman–Crippen MR) is 199 cm³/mol. The monoisotopic (exact) mass is 694 g/mol. The van der Waals surface area contributed by atoms with Crippen LogP contribution in [-0.4, -0.2) is 29.4 Å². The lowest BCUT2D eigenvalue weighted by atomic mass is 9.47. The Labute approximate surface area is 307 Å². The number of rotatable bonds is 6. The van der Waals surface area contributed by atoms with Crippen LogP contribution in [0.15, 0.2) is 35.5 Å². The summed E-state index contributed by atoms with van der Waals surface area (Å²) in [5.41, 5.74) is 3.16. The summed E-state index contributed by atoms with van der Waals surface area (Å²) in [6.45, 7) is 13.7. The third-order valence-electron chi connectivity index (χ3n) is 17.1. The van der Waals surface area contributed by atoms with Gasteiger partial charge in [-0.15, -0.1) is 6.42 Å². The van der Waals surface area contributed by atoms with Crippen LogP contribution in [0.1, 0.15) is 137 Å². The van der Waals surface area contributed by atoms with Crippen LogP contribution in [-0.2, 0) is 23.9 Å². The molecule has 0 aromatic rings. The molecule has 0 spiro atoms. The van der Waals surface area contributed by atoms with E-state index in [1.807, 2.05) is 6.08 Å². The maximum atomic E-state index is 13.6. The fourth-order valence-corrected chi connectivity index (χ4v) is 15.2. The van der Waals surface area contributed by atoms with Crippen LogP contribution >= 0.6 is 0 Å². The molecular formula is C46H62O5. The lowest BCUT2D eigenvalue weighted by molar-refractivity contribution is -0.176. The van der Waals surface area contributed by atoms with Gasteiger partial charge < -0.3 is 9.47 Å². The summed E-state index contributed by atoms with van der Waals surface area (Å²) in [7, 11) is 0. The van der Waals surface area contributed by atoms with E-state index in [1.54, 1.807) is 5.57 Å². The molecule has 0 aromatic heterocycles. The van der Waals surface area contributed by atoms with E-state index < -0.39 is 5.60 Å². The van der Waals surface area contributed by atoms with Gasteiger partial charge in [-0.25, -0.2) is 0 Å². The Bertz CT molecular complexity index is 1580. The Morgan fingerprint density at radius 1 is 0.863 bits per heavy atom. The van der Waals surface area contributed by atoms with Gasteiger partial charge in [-0.2, -0.15) is 0 Å². The van der Waals surface area contributed by atoms with Crippen LogP contribution in [0.4, 0.5) is 0 Å². The molecule has 276 valence electrons. The zero-order chi connectivity index (χ0) is 35.9. The third kappa shape index (κ3) is 5.49. The lowest BCUT2D eigenvalue weighted by Crippen LogP contribution is -2.55. The second kappa shape index (κ2) is 13.1. The van der Waals surface area contributed by atoms with Crippen molar-refractivity contribution >= 4 is 17.7 Å². The second-order valence-electron chi connectivity index (χ2n) is 19.0. The Morgan fingerprint density at radius 2 is 1.65 bits per heavy atom. The zero-order valence-corrected chi connectivity index (χ0v) is 31.9. The van der Waals surface area contributed by atoms with Crippen molar-refractivity contribution in [1.82, 2.24) is 0 Å². The van der Waals surface area contributed by atoms with Gasteiger partial charge >= 0.3 is 11.9 Å². The summed E-state index contributed by atoms with van der Waals surface area (Å²) in [5.74, 6) is 8.54. The van der Waals surface area contributed by atoms with Crippen molar-refractivity contribution in [2.24, 2.45) is 70.0 Å². The third-order valence-corrected chi connectivity index (χ3v) is 17.1. The highest BCUT2D eigenvalue weighted by Crippen LogP contribution is 2.68. The van der Waals surface area contributed by atoms with Gasteiger partial charge in [0.2, 0.25) is 0 Å². The molecule has 14 atom stereocenters. The van der Waals surface area contributed by atoms with Crippen molar-refractivity contribution in [2.75, 3.05) is 0 Å². The van der Waals surface area contributed by atoms with E-state index in [1.165, 1.54) is 24.0 Å². The van der Waals surface area contributed by atoms with E-state index in [4.69, 9.17) is 15.9 Å². The number of carbonyl (C=O) groups excluding carboxylic acids is 3. The summed E-state index contributed by atoms with van der Waals surface area (Å²) < 4.78 is 12.8. The van der Waals surface area contributed by atoms with E-state index in [-0.39, 0.29) is 41.7 Å². The Hall–Kier alpha value is -2.61. The van der Waals surface area contributed by atoms with Crippen molar-refractivity contribution < 1.29 is 23.9 Å². The molecule has 8 aliphatic carbocycles. The first-order valence-electron chi connectivity index (χ1n) is 20.9. The normalized spacial score (nSPS) is 46.8. The molecule has 0 N–H and O–H groups in total. The van der Waals surface area contributed by atoms with E-state index in [0.717, 1.165) is 77.0 Å². The molecular weight excluding hydrogens is 633 g/mol. The van der Waals surface area contributed by atoms with Gasteiger partial charge in [0, 0.05) is 17.3 Å². The van der Waals surface area contributed by atoms with Gasteiger partial charge in [-0.1, -0.05) is 63.0 Å². The molecule has 0 saturated heterocycles. The first-order chi connectivity index (χ1) is 24.4. The molecule has 5 heteroatoms. The summed E-state index contributed by atoms with van der Waals surface area (Å²) >= 11 is 0. The number of carbonyl (C=O) groups is 3. The molecule has 0 aromatic carbocycles. The topological polar surface area (TPSA) is 69.7 Å². The minimum absolute atomic E-state index is 0.0133. The zero-order valence-electron chi connectivity index (χ0n) is 31.9. The maximum absolute atomic E-state index is 13.6. The highest BCUT2D eigenvalue weighted by Gasteiger charge is 2.66. The van der Waals surface area contributed by atoms with Gasteiger partial charge in [0.1, 0.15) is 6.10 Å². The molecule has 5 nitrogen and oxygen atoms in total. The largest absolute Gasteiger partial charge is 0.462 e. The van der Waals surface area contributed by atoms with Gasteiger partial charge in [0.15, 0.2) is 11.4 Å². The summed E-state index contributed by atoms with van der Waals surface area (Å²) in [6, 6.07) is 0. The summed E-state index contributed by atoms with van der Waals surface area (Å²) in [6.07, 6.45) is 25.9. The molecule has 6 fully saturated rings. The summed E-state index contributed by atoms with van der Waals surface area (Å²) in [4.78, 5) is 39.4. The molecule has 14 unspecified atom stereocenters. The van der Waals surface area contributed by atoms with E-state index >= 15 is 0 Å². The molecule has 6 saturated carbocycles. The smallest absolute Gasteiger partial charge is 0.307 e. The molecule has 0 bridgehead atoms. The van der Waals surface area contributed by atoms with Crippen molar-refractivity contribution in [2.45, 2.75) is 149 Å². The van der Waals surface area contributed by atoms with Crippen molar-refractivity contribution in [3.63, 3.8) is 0 Å². The van der Waals surface area contributed by atoms with Crippen LogP contribution in [0, 0.1) is 82.4 Å². The minimum Gasteiger partial charge on any atom is -0.462 e. The molecule has 0 radical (unpaired) electrons. The first-order valence-corrected chi connectivity index (χ1v) is 20.9. The van der Waals surface area contributed by atoms with Crippen molar-refractivity contribution in [3.8, 4) is 12.3 Å². The standard InChI is InChI=1S/C46H62O5/c1-7-45-21-19-35-33-12-9-27(3)23-30(33)10-13-36(35)37(45)20-22-46(45,8-2)51-41(49)18-17-40(48)50-39-16-15-38-43-28(4)24-31-25-32(47)11-14-34(31)42(43)29(5)26-44(38,39)6/h2,23,25,28-29,33-39,42-43H,3,7,9-22,24,26H2,1,4-6H3. The fraction of sp³-hybridized carbons (Fsp3) is 0.761. The number of esters is 2. The molecule has 0 amide bonds. The first kappa shape index (κ1) is 35.4. The van der Waals surface area contributed by atoms with Crippen molar-refractivity contribution in [1.29, 1.82) is 0 Å². The SMILES string of the molecule is C#CC1(OC(=O)CCC(=O)OC2CCC3C4C(C)CC5=CC(=O)CCC5C4C(C)CC23C)CCC2C3CCC4=CC(=C)CCC4C3CCC21CC. The second-order valence-corrected chi connectivity index (χ2v) is 19.0. The van der Waals surface area contributed by atoms with Gasteiger partial charge in [0.05, 0.1) is 12.8 Å². The number of ether oxygens (including phenoxy) is 2. The van der Waals surface area contributed by atoms with E-state index in [0.29, 0.717) is 71.4 Å². The Morgan fingerprint density at radius 3 is 2.43 bits per heavy atom. The number of hydrogen-bond acceptors (Lipinski definition) is 5. The maximum Gasteiger partial charge on any atom is 0.307 e. The Balaban J connectivity index is 0.901. The quantitative estimate of drug-likeness (QED) is 0.205. The van der Waals surface area contributed by atoms with E-state index in [9.17, 15) is 14.4 Å². The minimum atomic E-state index is -0.895. The van der Waals surface area contributed by atoms with Crippen LogP contribution in [0.25, 0.3) is 0 Å². The molecule has 0 heterocycles. The number of fused-ring (bicyclic) bond motifs is 10. The van der Waals surface area contributed by atoms with Crippen LogP contribution in [0.2, 0.25) is 0 Å². The molecule has 51 heavy (non-hydrogen) atoms. The summed E-state index contributed by atoms with van der Waals surface area (Å²) in [5, 5.41) is 0. The molecule has 8 rings (SSSR count). The number of hydrogen-bond donors (Lipinski definition) is 0. The predicted octanol–water partition coefficient (Wildman–Crippen LogP) is 9.75. The fourth-order valence-electron chi connectivity index (χ4n) is 15.2. The van der Waals surface area contributed by atoms with Gasteiger partial charge in [0.25, 0.3) is 0 Å². The highest BCUT2D eigenvalue weighted by atomic mass is 16.6. The van der Waals surface area contributed by atoms with Crippen LogP contribution < -0.4 is 0 Å². The average molecular weight is 695 g/mol. The highest BCUT2D eigenvalue weighted by molar-refractivity contribution is 5.91. The van der Waals surface area contributed by atoms with Crippen LogP contribution in [0.3, 0.4) is 0 Å². The van der Waals surface area contributed by atoms with Gasteiger partial charge in [-0.05, 0) is 155 Å². The molecule has 8 aliphatic rings. The Kier molecular flexibility index (Phi) is 9.07. The van der Waals surface area contributed by atoms with Crippen LogP contribution in [0.5, 0.6) is 0 Å². The lowest BCUT2D eigenvalue weighted by Gasteiger charge is -2.58. The number of ketones is 1. The number of terminal acetylenes is 1. The number of allylic oxidation sites excluding steroid dienone is 4. The average Bonchev–Trinajstić information content (AvgIpc) is 3.60. The van der Waals surface area contributed by atoms with Gasteiger partial charge in [-0.3, -0.25) is 14.4 Å².